The van der Waals surface area contributed by atoms with Crippen molar-refractivity contribution in [2.75, 3.05) is 6.54 Å². The fourth-order valence-corrected chi connectivity index (χ4v) is 0.759. The molecular weight excluding hydrogens is 140 g/mol. The van der Waals surface area contributed by atoms with E-state index in [0.717, 1.165) is 0 Å². The predicted octanol–water partition coefficient (Wildman–Crippen LogP) is 1.01. The van der Waals surface area contributed by atoms with E-state index in [1.165, 1.54) is 4.90 Å². The van der Waals surface area contributed by atoms with Crippen LogP contribution < -0.4 is 5.73 Å². The first kappa shape index (κ1) is 7.60. The van der Waals surface area contributed by atoms with Gasteiger partial charge in [-0.15, -0.1) is 0 Å². The van der Waals surface area contributed by atoms with Gasteiger partial charge >= 0.3 is 6.03 Å². The second kappa shape index (κ2) is 3.61. The molecule has 0 unspecified atom stereocenters. The molecule has 3 nitrogen and oxygen atoms in total. The van der Waals surface area contributed by atoms with Gasteiger partial charge < -0.3 is 5.73 Å². The smallest absolute Gasteiger partial charge is 0.319 e. The normalized spacial score (nSPS) is 24.9. The van der Waals surface area contributed by atoms with Crippen molar-refractivity contribution in [1.82, 2.24) is 4.90 Å². The van der Waals surface area contributed by atoms with Gasteiger partial charge in [-0.1, -0.05) is 24.3 Å². The summed E-state index contributed by atoms with van der Waals surface area (Å²) in [4.78, 5) is 12.1. The Morgan fingerprint density at radius 1 is 1.27 bits per heavy atom. The van der Waals surface area contributed by atoms with Gasteiger partial charge in [0.1, 0.15) is 0 Å². The molecule has 0 aromatic heterocycles. The van der Waals surface area contributed by atoms with Crippen LogP contribution in [0, 0.1) is 0 Å². The highest BCUT2D eigenvalue weighted by molar-refractivity contribution is 5.73. The van der Waals surface area contributed by atoms with Gasteiger partial charge in [-0.25, -0.2) is 4.79 Å². The van der Waals surface area contributed by atoms with Crippen LogP contribution in [0.25, 0.3) is 0 Å². The third kappa shape index (κ3) is 2.29. The van der Waals surface area contributed by atoms with Crippen molar-refractivity contribution >= 4 is 6.03 Å². The van der Waals surface area contributed by atoms with Crippen LogP contribution in [0.3, 0.4) is 0 Å². The van der Waals surface area contributed by atoms with Crippen LogP contribution in [0.15, 0.2) is 36.6 Å². The molecule has 0 aliphatic carbocycles. The molecule has 1 aliphatic heterocycles. The summed E-state index contributed by atoms with van der Waals surface area (Å²) in [6, 6.07) is -0.429. The standard InChI is InChI=1S/C8H10N2O/c9-8(11)10-6-4-2-1-3-5-7-10/h1-6H,7H2,(H2,9,11)/b2-1-,5-3-,6-4-. The summed E-state index contributed by atoms with van der Waals surface area (Å²) in [5.41, 5.74) is 5.07. The van der Waals surface area contributed by atoms with Gasteiger partial charge in [-0.05, 0) is 6.08 Å². The number of rotatable bonds is 0. The zero-order valence-corrected chi connectivity index (χ0v) is 6.10. The SMILES string of the molecule is NC(=O)N1\C=C/C=C\C=C/C1. The summed E-state index contributed by atoms with van der Waals surface area (Å²) >= 11 is 0. The van der Waals surface area contributed by atoms with Gasteiger partial charge in [0.05, 0.1) is 0 Å². The molecule has 0 aromatic carbocycles. The van der Waals surface area contributed by atoms with Crippen LogP contribution in [-0.2, 0) is 0 Å². The highest BCUT2D eigenvalue weighted by atomic mass is 16.2. The van der Waals surface area contributed by atoms with Crippen LogP contribution in [-0.4, -0.2) is 17.5 Å². The fourth-order valence-electron chi connectivity index (χ4n) is 0.759. The fraction of sp³-hybridized carbons (Fsp3) is 0.125. The maximum absolute atomic E-state index is 10.7. The molecule has 0 saturated heterocycles. The summed E-state index contributed by atoms with van der Waals surface area (Å²) in [6.45, 7) is 0.538. The van der Waals surface area contributed by atoms with Gasteiger partial charge in [0.2, 0.25) is 0 Å². The maximum atomic E-state index is 10.7. The number of carbonyl (C=O) groups is 1. The van der Waals surface area contributed by atoms with E-state index in [0.29, 0.717) is 6.54 Å². The Hall–Kier alpha value is -1.51. The largest absolute Gasteiger partial charge is 0.351 e. The van der Waals surface area contributed by atoms with Crippen LogP contribution in [0.1, 0.15) is 0 Å². The Morgan fingerprint density at radius 2 is 2.00 bits per heavy atom. The lowest BCUT2D eigenvalue weighted by molar-refractivity contribution is 0.228. The highest BCUT2D eigenvalue weighted by Crippen LogP contribution is 1.94. The van der Waals surface area contributed by atoms with Gasteiger partial charge in [0.25, 0.3) is 0 Å². The van der Waals surface area contributed by atoms with E-state index in [9.17, 15) is 4.79 Å². The van der Waals surface area contributed by atoms with Gasteiger partial charge in [0.15, 0.2) is 0 Å². The number of urea groups is 1. The number of carbonyl (C=O) groups excluding carboxylic acids is 1. The van der Waals surface area contributed by atoms with Crippen molar-refractivity contribution in [2.45, 2.75) is 0 Å². The summed E-state index contributed by atoms with van der Waals surface area (Å²) in [5.74, 6) is 0. The Kier molecular flexibility index (Phi) is 2.49. The van der Waals surface area contributed by atoms with E-state index in [4.69, 9.17) is 5.73 Å². The first-order valence-electron chi connectivity index (χ1n) is 3.37. The lowest BCUT2D eigenvalue weighted by Crippen LogP contribution is -2.31. The molecule has 0 saturated carbocycles. The Morgan fingerprint density at radius 3 is 2.73 bits per heavy atom. The zero-order chi connectivity index (χ0) is 8.10. The van der Waals surface area contributed by atoms with Crippen molar-refractivity contribution in [3.05, 3.63) is 36.6 Å². The number of nitrogens with two attached hydrogens (primary N) is 1. The van der Waals surface area contributed by atoms with E-state index in [2.05, 4.69) is 0 Å². The lowest BCUT2D eigenvalue weighted by atomic mass is 10.3. The van der Waals surface area contributed by atoms with Crippen molar-refractivity contribution in [3.63, 3.8) is 0 Å². The van der Waals surface area contributed by atoms with Crippen LogP contribution in [0.4, 0.5) is 4.79 Å². The van der Waals surface area contributed by atoms with Gasteiger partial charge in [-0.2, -0.15) is 0 Å². The molecule has 2 amide bonds. The third-order valence-electron chi connectivity index (χ3n) is 1.32. The first-order valence-corrected chi connectivity index (χ1v) is 3.37. The maximum Gasteiger partial charge on any atom is 0.319 e. The average Bonchev–Trinajstić information content (AvgIpc) is 1.84. The molecule has 0 radical (unpaired) electrons. The first-order chi connectivity index (χ1) is 5.30. The topological polar surface area (TPSA) is 46.3 Å². The summed E-state index contributed by atoms with van der Waals surface area (Å²) in [5, 5.41) is 0. The van der Waals surface area contributed by atoms with Crippen LogP contribution in [0.2, 0.25) is 0 Å². The summed E-state index contributed by atoms with van der Waals surface area (Å²) in [6.07, 6.45) is 10.9. The second-order valence-corrected chi connectivity index (χ2v) is 2.15. The van der Waals surface area contributed by atoms with E-state index < -0.39 is 6.03 Å². The van der Waals surface area contributed by atoms with Crippen molar-refractivity contribution < 1.29 is 4.79 Å². The van der Waals surface area contributed by atoms with E-state index >= 15 is 0 Å². The van der Waals surface area contributed by atoms with Gasteiger partial charge in [0, 0.05) is 12.7 Å². The molecule has 0 atom stereocenters. The number of allylic oxidation sites excluding steroid dienone is 4. The summed E-state index contributed by atoms with van der Waals surface area (Å²) in [7, 11) is 0. The Labute approximate surface area is 65.5 Å². The molecule has 1 rings (SSSR count). The monoisotopic (exact) mass is 150 g/mol. The second-order valence-electron chi connectivity index (χ2n) is 2.15. The molecule has 0 bridgehead atoms. The van der Waals surface area contributed by atoms with Crippen molar-refractivity contribution in [3.8, 4) is 0 Å². The van der Waals surface area contributed by atoms with Gasteiger partial charge in [-0.3, -0.25) is 4.90 Å². The van der Waals surface area contributed by atoms with E-state index in [1.54, 1.807) is 12.3 Å². The number of hydrogen-bond acceptors (Lipinski definition) is 1. The van der Waals surface area contributed by atoms with E-state index in [-0.39, 0.29) is 0 Å². The van der Waals surface area contributed by atoms with Crippen molar-refractivity contribution in [2.24, 2.45) is 5.73 Å². The highest BCUT2D eigenvalue weighted by Gasteiger charge is 2.01. The quantitative estimate of drug-likeness (QED) is 0.550. The minimum absolute atomic E-state index is 0.429. The lowest BCUT2D eigenvalue weighted by Gasteiger charge is -2.12. The average molecular weight is 150 g/mol. The predicted molar refractivity (Wildman–Crippen MR) is 43.7 cm³/mol. The Bertz CT molecular complexity index is 228. The van der Waals surface area contributed by atoms with E-state index in [1.807, 2.05) is 24.3 Å². The molecular formula is C8H10N2O. The zero-order valence-electron chi connectivity index (χ0n) is 6.10. The molecule has 2 N–H and O–H groups in total. The molecule has 0 fully saturated rings. The van der Waals surface area contributed by atoms with Crippen molar-refractivity contribution in [1.29, 1.82) is 0 Å². The van der Waals surface area contributed by atoms with Crippen LogP contribution in [0.5, 0.6) is 0 Å². The number of primary amides is 1. The Balaban J connectivity index is 2.68. The molecule has 0 spiro atoms. The number of amides is 2. The summed E-state index contributed by atoms with van der Waals surface area (Å²) < 4.78 is 0. The number of nitrogens with zero attached hydrogens (tertiary/aromatic N) is 1. The molecule has 58 valence electrons. The third-order valence-corrected chi connectivity index (χ3v) is 1.32. The van der Waals surface area contributed by atoms with Crippen LogP contribution >= 0.6 is 0 Å². The minimum Gasteiger partial charge on any atom is -0.351 e. The molecule has 1 heterocycles. The minimum atomic E-state index is -0.429. The molecule has 11 heavy (non-hydrogen) atoms. The molecule has 1 aliphatic rings. The molecule has 3 heteroatoms. The number of hydrogen-bond donors (Lipinski definition) is 1. The molecule has 0 aromatic rings.